The van der Waals surface area contributed by atoms with E-state index in [-0.39, 0.29) is 5.78 Å². The van der Waals surface area contributed by atoms with Crippen LogP contribution in [0.5, 0.6) is 0 Å². The molecule has 0 radical (unpaired) electrons. The number of Topliss-reactive ketones (excluding diaryl/α,β-unsaturated/α-hetero) is 1. The molecule has 0 heterocycles. The lowest BCUT2D eigenvalue weighted by molar-refractivity contribution is 0.0958. The second-order valence-electron chi connectivity index (χ2n) is 4.43. The number of hydrogen-bond acceptors (Lipinski definition) is 3. The first kappa shape index (κ1) is 12.7. The first-order valence-corrected chi connectivity index (χ1v) is 6.21. The van der Waals surface area contributed by atoms with E-state index in [0.717, 1.165) is 17.2 Å². The third kappa shape index (κ3) is 2.58. The lowest BCUT2D eigenvalue weighted by atomic mass is 9.96. The first-order chi connectivity index (χ1) is 8.74. The van der Waals surface area contributed by atoms with Gasteiger partial charge in [-0.15, -0.1) is 0 Å². The van der Waals surface area contributed by atoms with Crippen molar-refractivity contribution in [2.75, 3.05) is 6.54 Å². The molecule has 1 atom stereocenters. The molecule has 4 N–H and O–H groups in total. The number of nitrogens with two attached hydrogens (primary N) is 2. The molecule has 3 nitrogen and oxygen atoms in total. The minimum atomic E-state index is -0.459. The van der Waals surface area contributed by atoms with Crippen molar-refractivity contribution in [3.63, 3.8) is 0 Å². The van der Waals surface area contributed by atoms with Gasteiger partial charge in [0.05, 0.1) is 6.04 Å². The zero-order chi connectivity index (χ0) is 13.0. The Morgan fingerprint density at radius 1 is 1.11 bits per heavy atom. The highest BCUT2D eigenvalue weighted by Gasteiger charge is 2.17. The van der Waals surface area contributed by atoms with Crippen molar-refractivity contribution >= 4 is 16.6 Å². The van der Waals surface area contributed by atoms with Crippen LogP contribution in [-0.2, 0) is 0 Å². The van der Waals surface area contributed by atoms with Gasteiger partial charge < -0.3 is 11.5 Å². The van der Waals surface area contributed by atoms with Crippen molar-refractivity contribution in [2.45, 2.75) is 18.9 Å². The Morgan fingerprint density at radius 2 is 1.83 bits per heavy atom. The highest BCUT2D eigenvalue weighted by molar-refractivity contribution is 6.10. The largest absolute Gasteiger partial charge is 0.330 e. The van der Waals surface area contributed by atoms with Crippen LogP contribution in [0, 0.1) is 0 Å². The summed E-state index contributed by atoms with van der Waals surface area (Å²) in [6, 6.07) is 13.1. The molecule has 0 aromatic heterocycles. The van der Waals surface area contributed by atoms with Gasteiger partial charge in [0.15, 0.2) is 5.78 Å². The second kappa shape index (κ2) is 5.76. The number of hydrogen-bond donors (Lipinski definition) is 2. The molecular formula is C15H18N2O. The number of carbonyl (C=O) groups excluding carboxylic acids is 1. The van der Waals surface area contributed by atoms with E-state index in [9.17, 15) is 4.79 Å². The molecule has 0 aliphatic rings. The molecular weight excluding hydrogens is 224 g/mol. The SMILES string of the molecule is NCCCC(N)C(=O)c1cccc2ccccc12. The van der Waals surface area contributed by atoms with Crippen molar-refractivity contribution in [2.24, 2.45) is 11.5 Å². The van der Waals surface area contributed by atoms with Crippen LogP contribution in [0.3, 0.4) is 0 Å². The van der Waals surface area contributed by atoms with Gasteiger partial charge in [0.25, 0.3) is 0 Å². The maximum Gasteiger partial charge on any atom is 0.180 e. The van der Waals surface area contributed by atoms with Gasteiger partial charge >= 0.3 is 0 Å². The zero-order valence-corrected chi connectivity index (χ0v) is 10.3. The summed E-state index contributed by atoms with van der Waals surface area (Å²) in [4.78, 5) is 12.3. The molecule has 0 spiro atoms. The Morgan fingerprint density at radius 3 is 2.61 bits per heavy atom. The molecule has 0 aliphatic heterocycles. The number of carbonyl (C=O) groups is 1. The second-order valence-corrected chi connectivity index (χ2v) is 4.43. The number of benzene rings is 2. The highest BCUT2D eigenvalue weighted by Crippen LogP contribution is 2.20. The summed E-state index contributed by atoms with van der Waals surface area (Å²) < 4.78 is 0. The summed E-state index contributed by atoms with van der Waals surface area (Å²) >= 11 is 0. The number of fused-ring (bicyclic) bond motifs is 1. The normalized spacial score (nSPS) is 12.6. The third-order valence-electron chi connectivity index (χ3n) is 3.11. The average molecular weight is 242 g/mol. The van der Waals surface area contributed by atoms with Crippen LogP contribution in [0.1, 0.15) is 23.2 Å². The van der Waals surface area contributed by atoms with Gasteiger partial charge in [-0.05, 0) is 30.2 Å². The van der Waals surface area contributed by atoms with Gasteiger partial charge in [0.1, 0.15) is 0 Å². The molecule has 2 aromatic rings. The molecule has 0 amide bonds. The minimum Gasteiger partial charge on any atom is -0.330 e. The average Bonchev–Trinajstić information content (AvgIpc) is 2.43. The number of ketones is 1. The molecule has 18 heavy (non-hydrogen) atoms. The zero-order valence-electron chi connectivity index (χ0n) is 10.3. The van der Waals surface area contributed by atoms with E-state index in [2.05, 4.69) is 0 Å². The van der Waals surface area contributed by atoms with Crippen molar-refractivity contribution in [1.29, 1.82) is 0 Å². The van der Waals surface area contributed by atoms with Gasteiger partial charge in [-0.2, -0.15) is 0 Å². The Hall–Kier alpha value is -1.71. The van der Waals surface area contributed by atoms with Crippen molar-refractivity contribution in [1.82, 2.24) is 0 Å². The summed E-state index contributed by atoms with van der Waals surface area (Å²) in [5, 5.41) is 2.03. The fraction of sp³-hybridized carbons (Fsp3) is 0.267. The van der Waals surface area contributed by atoms with E-state index < -0.39 is 6.04 Å². The monoisotopic (exact) mass is 242 g/mol. The molecule has 1 unspecified atom stereocenters. The van der Waals surface area contributed by atoms with Crippen LogP contribution in [0.4, 0.5) is 0 Å². The van der Waals surface area contributed by atoms with Crippen LogP contribution in [0.15, 0.2) is 42.5 Å². The van der Waals surface area contributed by atoms with E-state index in [1.165, 1.54) is 0 Å². The van der Waals surface area contributed by atoms with Crippen LogP contribution >= 0.6 is 0 Å². The molecule has 0 fully saturated rings. The summed E-state index contributed by atoms with van der Waals surface area (Å²) in [5.74, 6) is 0.000231. The van der Waals surface area contributed by atoms with Crippen molar-refractivity contribution in [3.8, 4) is 0 Å². The molecule has 3 heteroatoms. The van der Waals surface area contributed by atoms with E-state index in [1.54, 1.807) is 0 Å². The lowest BCUT2D eigenvalue weighted by Crippen LogP contribution is -2.31. The van der Waals surface area contributed by atoms with Gasteiger partial charge in [0.2, 0.25) is 0 Å². The molecule has 0 aliphatic carbocycles. The molecule has 94 valence electrons. The van der Waals surface area contributed by atoms with Gasteiger partial charge in [0, 0.05) is 5.56 Å². The minimum absolute atomic E-state index is 0.000231. The quantitative estimate of drug-likeness (QED) is 0.789. The molecule has 0 saturated heterocycles. The fourth-order valence-corrected chi connectivity index (χ4v) is 2.11. The summed E-state index contributed by atoms with van der Waals surface area (Å²) in [6.45, 7) is 0.566. The van der Waals surface area contributed by atoms with Crippen LogP contribution in [0.25, 0.3) is 10.8 Å². The summed E-state index contributed by atoms with van der Waals surface area (Å²) in [5.41, 5.74) is 12.1. The fourth-order valence-electron chi connectivity index (χ4n) is 2.11. The van der Waals surface area contributed by atoms with Gasteiger partial charge in [-0.3, -0.25) is 4.79 Å². The summed E-state index contributed by atoms with van der Waals surface area (Å²) in [7, 11) is 0. The Balaban J connectivity index is 2.33. The van der Waals surface area contributed by atoms with Crippen molar-refractivity contribution in [3.05, 3.63) is 48.0 Å². The molecule has 2 rings (SSSR count). The Bertz CT molecular complexity index is 546. The topological polar surface area (TPSA) is 69.1 Å². The maximum atomic E-state index is 12.3. The van der Waals surface area contributed by atoms with E-state index >= 15 is 0 Å². The molecule has 2 aromatic carbocycles. The predicted molar refractivity (Wildman–Crippen MR) is 74.5 cm³/mol. The number of rotatable bonds is 5. The van der Waals surface area contributed by atoms with Gasteiger partial charge in [-0.1, -0.05) is 42.5 Å². The highest BCUT2D eigenvalue weighted by atomic mass is 16.1. The Labute approximate surface area is 107 Å². The smallest absolute Gasteiger partial charge is 0.180 e. The van der Waals surface area contributed by atoms with E-state index in [4.69, 9.17) is 11.5 Å². The molecule has 0 saturated carbocycles. The van der Waals surface area contributed by atoms with Crippen LogP contribution < -0.4 is 11.5 Å². The Kier molecular flexibility index (Phi) is 4.07. The predicted octanol–water partition coefficient (Wildman–Crippen LogP) is 2.09. The van der Waals surface area contributed by atoms with E-state index in [0.29, 0.717) is 18.5 Å². The third-order valence-corrected chi connectivity index (χ3v) is 3.11. The maximum absolute atomic E-state index is 12.3. The van der Waals surface area contributed by atoms with Gasteiger partial charge in [-0.25, -0.2) is 0 Å². The lowest BCUT2D eigenvalue weighted by Gasteiger charge is -2.11. The van der Waals surface area contributed by atoms with Crippen LogP contribution in [0.2, 0.25) is 0 Å². The summed E-state index contributed by atoms with van der Waals surface area (Å²) in [6.07, 6.45) is 1.41. The van der Waals surface area contributed by atoms with Crippen molar-refractivity contribution < 1.29 is 4.79 Å². The van der Waals surface area contributed by atoms with Crippen LogP contribution in [-0.4, -0.2) is 18.4 Å². The molecule has 0 bridgehead atoms. The van der Waals surface area contributed by atoms with E-state index in [1.807, 2.05) is 42.5 Å². The standard InChI is InChI=1S/C15H18N2O/c16-10-4-9-14(17)15(18)13-8-3-6-11-5-1-2-7-12(11)13/h1-3,5-8,14H,4,9-10,16-17H2. The first-order valence-electron chi connectivity index (χ1n) is 6.21.